The van der Waals surface area contributed by atoms with Crippen LogP contribution in [0.5, 0.6) is 0 Å². The van der Waals surface area contributed by atoms with Gasteiger partial charge in [0.2, 0.25) is 0 Å². The van der Waals surface area contributed by atoms with Crippen LogP contribution in [0.3, 0.4) is 0 Å². The van der Waals surface area contributed by atoms with E-state index in [1.807, 2.05) is 14.0 Å². The fourth-order valence-electron chi connectivity index (χ4n) is 2.14. The second kappa shape index (κ2) is 8.48. The molecule has 0 saturated heterocycles. The molecule has 108 valence electrons. The number of methoxy groups -OCH3 is 1. The molecule has 1 unspecified atom stereocenters. The van der Waals surface area contributed by atoms with Gasteiger partial charge in [0.25, 0.3) is 0 Å². The number of likely N-dealkylation sites (N-methyl/N-ethyl adjacent to an activating group) is 2. The Bertz CT molecular complexity index is 242. The van der Waals surface area contributed by atoms with Crippen molar-refractivity contribution in [3.8, 4) is 0 Å². The third kappa shape index (κ3) is 4.94. The summed E-state index contributed by atoms with van der Waals surface area (Å²) in [6.45, 7) is 11.1. The van der Waals surface area contributed by atoms with Gasteiger partial charge < -0.3 is 15.0 Å². The molecule has 0 heterocycles. The SMILES string of the molecule is CCC(CC)CN(CC)CC(C)(NC)C(=O)OC. The van der Waals surface area contributed by atoms with Crippen LogP contribution in [0, 0.1) is 5.92 Å². The van der Waals surface area contributed by atoms with Crippen LogP contribution in [0.15, 0.2) is 0 Å². The number of carbonyl (C=O) groups is 1. The quantitative estimate of drug-likeness (QED) is 0.641. The summed E-state index contributed by atoms with van der Waals surface area (Å²) in [4.78, 5) is 14.2. The Morgan fingerprint density at radius 3 is 2.22 bits per heavy atom. The number of hydrogen-bond acceptors (Lipinski definition) is 4. The molecule has 0 rings (SSSR count). The van der Waals surface area contributed by atoms with Crippen LogP contribution < -0.4 is 5.32 Å². The molecule has 18 heavy (non-hydrogen) atoms. The molecule has 0 spiro atoms. The van der Waals surface area contributed by atoms with Crippen molar-refractivity contribution in [3.05, 3.63) is 0 Å². The van der Waals surface area contributed by atoms with Crippen LogP contribution in [0.1, 0.15) is 40.5 Å². The molecule has 0 aliphatic heterocycles. The van der Waals surface area contributed by atoms with Gasteiger partial charge in [-0.05, 0) is 26.4 Å². The summed E-state index contributed by atoms with van der Waals surface area (Å²) >= 11 is 0. The summed E-state index contributed by atoms with van der Waals surface area (Å²) in [7, 11) is 3.25. The highest BCUT2D eigenvalue weighted by atomic mass is 16.5. The van der Waals surface area contributed by atoms with E-state index in [2.05, 4.69) is 31.0 Å². The second-order valence-electron chi connectivity index (χ2n) is 5.08. The molecule has 4 heteroatoms. The van der Waals surface area contributed by atoms with Gasteiger partial charge >= 0.3 is 5.97 Å². The van der Waals surface area contributed by atoms with Crippen molar-refractivity contribution in [1.29, 1.82) is 0 Å². The molecule has 0 radical (unpaired) electrons. The molecule has 0 saturated carbocycles. The minimum atomic E-state index is -0.628. The van der Waals surface area contributed by atoms with Gasteiger partial charge in [-0.3, -0.25) is 4.79 Å². The molecule has 4 nitrogen and oxygen atoms in total. The van der Waals surface area contributed by atoms with Gasteiger partial charge in [0, 0.05) is 13.1 Å². The van der Waals surface area contributed by atoms with Crippen LogP contribution in [-0.4, -0.2) is 50.2 Å². The first kappa shape index (κ1) is 17.4. The van der Waals surface area contributed by atoms with Gasteiger partial charge in [-0.15, -0.1) is 0 Å². The number of rotatable bonds is 9. The van der Waals surface area contributed by atoms with E-state index in [0.29, 0.717) is 12.5 Å². The zero-order valence-electron chi connectivity index (χ0n) is 12.9. The smallest absolute Gasteiger partial charge is 0.327 e. The van der Waals surface area contributed by atoms with Gasteiger partial charge in [0.1, 0.15) is 5.54 Å². The highest BCUT2D eigenvalue weighted by molar-refractivity contribution is 5.80. The van der Waals surface area contributed by atoms with E-state index in [1.165, 1.54) is 20.0 Å². The van der Waals surface area contributed by atoms with Crippen molar-refractivity contribution >= 4 is 5.97 Å². The van der Waals surface area contributed by atoms with E-state index >= 15 is 0 Å². The van der Waals surface area contributed by atoms with Gasteiger partial charge in [0.05, 0.1) is 7.11 Å². The second-order valence-corrected chi connectivity index (χ2v) is 5.08. The van der Waals surface area contributed by atoms with Crippen molar-refractivity contribution in [2.45, 2.75) is 46.1 Å². The van der Waals surface area contributed by atoms with E-state index in [0.717, 1.165) is 13.1 Å². The van der Waals surface area contributed by atoms with Crippen molar-refractivity contribution in [3.63, 3.8) is 0 Å². The van der Waals surface area contributed by atoms with Crippen LogP contribution in [0.25, 0.3) is 0 Å². The first-order chi connectivity index (χ1) is 8.47. The van der Waals surface area contributed by atoms with Crippen molar-refractivity contribution in [2.75, 3.05) is 33.8 Å². The Hall–Kier alpha value is -0.610. The standard InChI is InChI=1S/C14H30N2O2/c1-7-12(8-2)10-16(9-3)11-14(4,15-5)13(17)18-6/h12,15H,7-11H2,1-6H3. The molecule has 0 amide bonds. The van der Waals surface area contributed by atoms with E-state index < -0.39 is 5.54 Å². The minimum absolute atomic E-state index is 0.201. The average Bonchev–Trinajstić information content (AvgIpc) is 2.41. The van der Waals surface area contributed by atoms with Crippen LogP contribution in [0.2, 0.25) is 0 Å². The molecule has 1 N–H and O–H groups in total. The van der Waals surface area contributed by atoms with Gasteiger partial charge in [0.15, 0.2) is 0 Å². The maximum atomic E-state index is 11.8. The summed E-state index contributed by atoms with van der Waals surface area (Å²) < 4.78 is 4.88. The fraction of sp³-hybridized carbons (Fsp3) is 0.929. The van der Waals surface area contributed by atoms with Crippen LogP contribution in [0.4, 0.5) is 0 Å². The fourth-order valence-corrected chi connectivity index (χ4v) is 2.14. The molecule has 1 atom stereocenters. The number of ether oxygens (including phenoxy) is 1. The van der Waals surface area contributed by atoms with E-state index in [4.69, 9.17) is 4.74 Å². The highest BCUT2D eigenvalue weighted by Crippen LogP contribution is 2.14. The maximum Gasteiger partial charge on any atom is 0.327 e. The Balaban J connectivity index is 4.62. The molecular formula is C14H30N2O2. The molecule has 0 fully saturated rings. The Morgan fingerprint density at radius 2 is 1.89 bits per heavy atom. The predicted octanol–water partition coefficient (Wildman–Crippen LogP) is 1.90. The topological polar surface area (TPSA) is 41.6 Å². The largest absolute Gasteiger partial charge is 0.468 e. The first-order valence-corrected chi connectivity index (χ1v) is 6.96. The molecule has 0 aromatic rings. The number of nitrogens with one attached hydrogen (secondary N) is 1. The van der Waals surface area contributed by atoms with E-state index in [9.17, 15) is 4.79 Å². The zero-order chi connectivity index (χ0) is 14.2. The summed E-state index contributed by atoms with van der Waals surface area (Å²) in [5.74, 6) is 0.497. The Kier molecular flexibility index (Phi) is 8.20. The zero-order valence-corrected chi connectivity index (χ0v) is 12.9. The third-order valence-electron chi connectivity index (χ3n) is 3.85. The maximum absolute atomic E-state index is 11.8. The number of esters is 1. The monoisotopic (exact) mass is 258 g/mol. The van der Waals surface area contributed by atoms with Crippen molar-refractivity contribution in [1.82, 2.24) is 10.2 Å². The summed E-state index contributed by atoms with van der Waals surface area (Å²) in [6, 6.07) is 0. The Labute approximate surface area is 112 Å². The van der Waals surface area contributed by atoms with Crippen LogP contribution >= 0.6 is 0 Å². The van der Waals surface area contributed by atoms with Gasteiger partial charge in [-0.1, -0.05) is 33.6 Å². The lowest BCUT2D eigenvalue weighted by molar-refractivity contribution is -0.148. The normalized spacial score (nSPS) is 14.9. The molecule has 0 aliphatic carbocycles. The molecule has 0 aromatic heterocycles. The lowest BCUT2D eigenvalue weighted by atomic mass is 9.99. The number of carbonyl (C=O) groups excluding carboxylic acids is 1. The third-order valence-corrected chi connectivity index (χ3v) is 3.85. The average molecular weight is 258 g/mol. The van der Waals surface area contributed by atoms with E-state index in [1.54, 1.807) is 0 Å². The van der Waals surface area contributed by atoms with Crippen molar-refractivity contribution < 1.29 is 9.53 Å². The van der Waals surface area contributed by atoms with Gasteiger partial charge in [-0.25, -0.2) is 0 Å². The highest BCUT2D eigenvalue weighted by Gasteiger charge is 2.34. The number of nitrogens with zero attached hydrogens (tertiary/aromatic N) is 1. The lowest BCUT2D eigenvalue weighted by Crippen LogP contribution is -2.56. The molecule has 0 bridgehead atoms. The molecule has 0 aliphatic rings. The minimum Gasteiger partial charge on any atom is -0.468 e. The van der Waals surface area contributed by atoms with E-state index in [-0.39, 0.29) is 5.97 Å². The van der Waals surface area contributed by atoms with Crippen LogP contribution in [-0.2, 0) is 9.53 Å². The first-order valence-electron chi connectivity index (χ1n) is 6.96. The van der Waals surface area contributed by atoms with Gasteiger partial charge in [-0.2, -0.15) is 0 Å². The van der Waals surface area contributed by atoms with Crippen molar-refractivity contribution in [2.24, 2.45) is 5.92 Å². The summed E-state index contributed by atoms with van der Waals surface area (Å²) in [6.07, 6.45) is 2.36. The predicted molar refractivity (Wildman–Crippen MR) is 75.7 cm³/mol. The lowest BCUT2D eigenvalue weighted by Gasteiger charge is -2.34. The Morgan fingerprint density at radius 1 is 1.33 bits per heavy atom. The summed E-state index contributed by atoms with van der Waals surface area (Å²) in [5.41, 5.74) is -0.628. The molecule has 0 aromatic carbocycles. The molecular weight excluding hydrogens is 228 g/mol. The summed E-state index contributed by atoms with van der Waals surface area (Å²) in [5, 5.41) is 3.09. The number of hydrogen-bond donors (Lipinski definition) is 1.